The molecule has 4 amide bonds. The smallest absolute Gasteiger partial charge is 0.340 e. The minimum atomic E-state index is -5.73. The first-order chi connectivity index (χ1) is 20.7. The fraction of sp³-hybridized carbons (Fsp3) is 0.400. The number of nitrogens with zero attached hydrogens (tertiary/aromatic N) is 3. The number of carbonyl (C=O) groups excluding carboxylic acids is 4. The molecule has 3 N–H and O–H groups in total. The van der Waals surface area contributed by atoms with Crippen LogP contribution < -0.4 is 10.2 Å². The predicted molar refractivity (Wildman–Crippen MR) is 160 cm³/mol. The van der Waals surface area contributed by atoms with Gasteiger partial charge in [-0.3, -0.25) is 23.7 Å². The van der Waals surface area contributed by atoms with E-state index in [4.69, 9.17) is 9.79 Å². The number of halogens is 2. The molecule has 14 heteroatoms. The van der Waals surface area contributed by atoms with Crippen molar-refractivity contribution >= 4 is 43.5 Å². The molecule has 0 aliphatic carbocycles. The van der Waals surface area contributed by atoms with Gasteiger partial charge in [0.15, 0.2) is 0 Å². The zero-order chi connectivity index (χ0) is 32.7. The Morgan fingerprint density at radius 3 is 2.39 bits per heavy atom. The average molecular weight is 635 g/mol. The summed E-state index contributed by atoms with van der Waals surface area (Å²) < 4.78 is 39.0. The monoisotopic (exact) mass is 634 g/mol. The lowest BCUT2D eigenvalue weighted by atomic mass is 10.1. The van der Waals surface area contributed by atoms with Gasteiger partial charge < -0.3 is 29.8 Å². The van der Waals surface area contributed by atoms with E-state index in [-0.39, 0.29) is 36.0 Å². The number of alkyl halides is 2. The number of anilines is 1. The van der Waals surface area contributed by atoms with Crippen molar-refractivity contribution in [2.75, 3.05) is 25.0 Å². The molecule has 0 unspecified atom stereocenters. The van der Waals surface area contributed by atoms with Crippen molar-refractivity contribution < 1.29 is 42.3 Å². The predicted octanol–water partition coefficient (Wildman–Crippen LogP) is 3.32. The molecule has 4 rings (SSSR count). The number of nitrogens with one attached hydrogen (secondary N) is 1. The average Bonchev–Trinajstić information content (AvgIpc) is 3.35. The van der Waals surface area contributed by atoms with Gasteiger partial charge in [0.05, 0.1) is 0 Å². The molecule has 0 aromatic heterocycles. The Labute approximate surface area is 254 Å². The molecular formula is C30H37F2N4O7P. The van der Waals surface area contributed by atoms with E-state index in [1.165, 1.54) is 34.9 Å². The molecule has 2 heterocycles. The summed E-state index contributed by atoms with van der Waals surface area (Å²) in [6.45, 7) is 3.84. The van der Waals surface area contributed by atoms with Crippen LogP contribution in [0.1, 0.15) is 44.2 Å². The first-order valence-corrected chi connectivity index (χ1v) is 15.6. The van der Waals surface area contributed by atoms with E-state index in [1.807, 2.05) is 37.3 Å². The molecule has 2 fully saturated rings. The Kier molecular flexibility index (Phi) is 11.5. The van der Waals surface area contributed by atoms with E-state index in [0.29, 0.717) is 13.0 Å². The van der Waals surface area contributed by atoms with Crippen LogP contribution in [-0.2, 0) is 29.4 Å². The number of rotatable bonds is 7. The lowest BCUT2D eigenvalue weighted by molar-refractivity contribution is -0.142. The van der Waals surface area contributed by atoms with Crippen LogP contribution in [0.2, 0.25) is 0 Å². The third-order valence-electron chi connectivity index (χ3n) is 7.58. The fourth-order valence-electron chi connectivity index (χ4n) is 5.13. The maximum atomic E-state index is 14.0. The van der Waals surface area contributed by atoms with E-state index < -0.39 is 30.8 Å². The van der Waals surface area contributed by atoms with Gasteiger partial charge in [-0.15, -0.1) is 0 Å². The highest BCUT2D eigenvalue weighted by atomic mass is 31.2. The number of hydrogen-bond acceptors (Lipinski definition) is 5. The summed E-state index contributed by atoms with van der Waals surface area (Å²) in [6, 6.07) is 12.9. The summed E-state index contributed by atoms with van der Waals surface area (Å²) in [5, 5.41) is 2.61. The van der Waals surface area contributed by atoms with E-state index >= 15 is 0 Å². The van der Waals surface area contributed by atoms with Crippen molar-refractivity contribution in [3.05, 3.63) is 71.8 Å². The Balaban J connectivity index is 0.000000448. The van der Waals surface area contributed by atoms with E-state index in [0.717, 1.165) is 43.1 Å². The first-order valence-electron chi connectivity index (χ1n) is 14.0. The second-order valence-corrected chi connectivity index (χ2v) is 12.4. The number of amides is 4. The Bertz CT molecular complexity index is 1420. The summed E-state index contributed by atoms with van der Waals surface area (Å²) in [6.07, 6.45) is 5.37. The second-order valence-electron chi connectivity index (χ2n) is 10.7. The maximum absolute atomic E-state index is 14.0. The highest BCUT2D eigenvalue weighted by Crippen LogP contribution is 2.59. The second kappa shape index (κ2) is 14.7. The Morgan fingerprint density at radius 2 is 1.77 bits per heavy atom. The molecule has 2 aromatic carbocycles. The minimum Gasteiger partial charge on any atom is -0.340 e. The van der Waals surface area contributed by atoms with Crippen LogP contribution in [0.5, 0.6) is 0 Å². The molecule has 2 saturated heterocycles. The lowest BCUT2D eigenvalue weighted by Gasteiger charge is -2.38. The highest BCUT2D eigenvalue weighted by Gasteiger charge is 2.50. The number of carbonyl (C=O) groups is 4. The summed E-state index contributed by atoms with van der Waals surface area (Å²) in [4.78, 5) is 70.7. The Hall–Kier alpha value is -3.93. The molecular weight excluding hydrogens is 597 g/mol. The van der Waals surface area contributed by atoms with Gasteiger partial charge in [-0.1, -0.05) is 36.4 Å². The van der Waals surface area contributed by atoms with Crippen LogP contribution in [0.15, 0.2) is 60.7 Å². The number of para-hydroxylation sites is 1. The molecule has 238 valence electrons. The quantitative estimate of drug-likeness (QED) is 0.241. The van der Waals surface area contributed by atoms with E-state index in [2.05, 4.69) is 5.32 Å². The van der Waals surface area contributed by atoms with Crippen LogP contribution >= 0.6 is 7.60 Å². The third kappa shape index (κ3) is 8.58. The van der Waals surface area contributed by atoms with Crippen LogP contribution in [0.25, 0.3) is 6.08 Å². The molecule has 0 bridgehead atoms. The van der Waals surface area contributed by atoms with Gasteiger partial charge >= 0.3 is 13.3 Å². The highest BCUT2D eigenvalue weighted by molar-refractivity contribution is 7.52. The molecule has 0 radical (unpaired) electrons. The summed E-state index contributed by atoms with van der Waals surface area (Å²) >= 11 is 0. The van der Waals surface area contributed by atoms with Crippen LogP contribution in [0, 0.1) is 0 Å². The SMILES string of the molecule is CC(=O)N1CC[C@H]2CC[C@@H](C)N2C(=O)[C@@H](NC(=O)/C=C/c2cccc(C(F)(F)P(=O)(O)O)c2)C1.CN(C=O)c1ccccc1. The van der Waals surface area contributed by atoms with Crippen molar-refractivity contribution in [1.29, 1.82) is 0 Å². The number of fused-ring (bicyclic) bond motifs is 1. The van der Waals surface area contributed by atoms with Crippen LogP contribution in [-0.4, -0.2) is 82.0 Å². The standard InChI is InChI=1S/C22H28F2N3O6P.C8H9NO/c1-14-6-8-18-10-11-26(15(2)28)13-19(21(30)27(14)18)25-20(29)9-7-16-4-3-5-17(12-16)22(23,24)34(31,32)33;1-9(7-10)8-5-3-2-4-6-8/h3-5,7,9,12,14,18-19H,6,8,10-11,13H2,1-2H3,(H,25,29)(H2,31,32,33);2-7H,1H3/b9-7+;/t14-,18-,19+;/m1./s1. The van der Waals surface area contributed by atoms with Gasteiger partial charge in [0.2, 0.25) is 24.1 Å². The molecule has 3 atom stereocenters. The van der Waals surface area contributed by atoms with Gasteiger partial charge in [-0.2, -0.15) is 8.78 Å². The van der Waals surface area contributed by atoms with E-state index in [1.54, 1.807) is 11.9 Å². The summed E-state index contributed by atoms with van der Waals surface area (Å²) in [5.74, 6) is -1.14. The molecule has 0 spiro atoms. The topological polar surface area (TPSA) is 148 Å². The molecule has 2 aliphatic heterocycles. The van der Waals surface area contributed by atoms with Crippen molar-refractivity contribution in [3.63, 3.8) is 0 Å². The van der Waals surface area contributed by atoms with Gasteiger partial charge in [0.25, 0.3) is 0 Å². The van der Waals surface area contributed by atoms with Crippen molar-refractivity contribution in [3.8, 4) is 0 Å². The van der Waals surface area contributed by atoms with Crippen molar-refractivity contribution in [1.82, 2.24) is 15.1 Å². The molecule has 2 aliphatic rings. The molecule has 44 heavy (non-hydrogen) atoms. The van der Waals surface area contributed by atoms with Crippen LogP contribution in [0.4, 0.5) is 14.5 Å². The van der Waals surface area contributed by atoms with Crippen molar-refractivity contribution in [2.24, 2.45) is 0 Å². The van der Waals surface area contributed by atoms with Gasteiger partial charge in [0.1, 0.15) is 6.04 Å². The summed E-state index contributed by atoms with van der Waals surface area (Å²) in [7, 11) is -4.00. The van der Waals surface area contributed by atoms with Gasteiger partial charge in [-0.25, -0.2) is 0 Å². The number of hydrogen-bond donors (Lipinski definition) is 3. The largest absolute Gasteiger partial charge is 0.399 e. The van der Waals surface area contributed by atoms with Crippen molar-refractivity contribution in [2.45, 2.75) is 56.9 Å². The lowest BCUT2D eigenvalue weighted by Crippen LogP contribution is -2.58. The minimum absolute atomic E-state index is 0.00183. The number of benzene rings is 2. The molecule has 0 saturated carbocycles. The fourth-order valence-corrected chi connectivity index (χ4v) is 5.61. The van der Waals surface area contributed by atoms with E-state index in [9.17, 15) is 32.5 Å². The normalized spacial score (nSPS) is 20.6. The van der Waals surface area contributed by atoms with Gasteiger partial charge in [0, 0.05) is 56.5 Å². The molecule has 2 aromatic rings. The first kappa shape index (κ1) is 34.6. The molecule has 11 nitrogen and oxygen atoms in total. The third-order valence-corrected chi connectivity index (χ3v) is 8.57. The zero-order valence-electron chi connectivity index (χ0n) is 24.7. The zero-order valence-corrected chi connectivity index (χ0v) is 25.6. The van der Waals surface area contributed by atoms with Gasteiger partial charge in [-0.05, 0) is 56.0 Å². The van der Waals surface area contributed by atoms with Crippen LogP contribution in [0.3, 0.4) is 0 Å². The summed E-state index contributed by atoms with van der Waals surface area (Å²) in [5.41, 5.74) is -4.23. The maximum Gasteiger partial charge on any atom is 0.399 e. The Morgan fingerprint density at radius 1 is 1.09 bits per heavy atom.